The van der Waals surface area contributed by atoms with E-state index in [1.165, 1.54) is 24.3 Å². The highest BCUT2D eigenvalue weighted by Crippen LogP contribution is 2.31. The summed E-state index contributed by atoms with van der Waals surface area (Å²) in [5, 5.41) is 21.3. The molecular formula is C20H18F3NO5. The third-order valence-corrected chi connectivity index (χ3v) is 4.81. The third-order valence-electron chi connectivity index (χ3n) is 4.81. The summed E-state index contributed by atoms with van der Waals surface area (Å²) in [6.45, 7) is -0.519. The van der Waals surface area contributed by atoms with E-state index in [4.69, 9.17) is 9.84 Å². The van der Waals surface area contributed by atoms with E-state index < -0.39 is 41.9 Å². The van der Waals surface area contributed by atoms with Gasteiger partial charge in [0.15, 0.2) is 0 Å². The summed E-state index contributed by atoms with van der Waals surface area (Å²) < 4.78 is 43.3. The van der Waals surface area contributed by atoms with Crippen LogP contribution >= 0.6 is 0 Å². The van der Waals surface area contributed by atoms with E-state index >= 15 is 0 Å². The number of carbonyl (C=O) groups is 2. The number of carboxylic acid groups (broad SMARTS) is 1. The number of halogens is 3. The van der Waals surface area contributed by atoms with Crippen molar-refractivity contribution < 1.29 is 37.7 Å². The van der Waals surface area contributed by atoms with Crippen molar-refractivity contribution in [1.82, 2.24) is 5.32 Å². The Bertz CT molecular complexity index is 896. The second-order valence-corrected chi connectivity index (χ2v) is 6.86. The molecule has 1 aliphatic heterocycles. The van der Waals surface area contributed by atoms with Crippen molar-refractivity contribution >= 4 is 11.9 Å². The molecule has 6 nitrogen and oxygen atoms in total. The molecule has 1 fully saturated rings. The Morgan fingerprint density at radius 3 is 2.07 bits per heavy atom. The molecular weight excluding hydrogens is 391 g/mol. The summed E-state index contributed by atoms with van der Waals surface area (Å²) in [4.78, 5) is 23.5. The lowest BCUT2D eigenvalue weighted by molar-refractivity contribution is -0.140. The highest BCUT2D eigenvalue weighted by atomic mass is 19.4. The molecule has 0 radical (unpaired) electrons. The minimum absolute atomic E-state index is 0.00977. The van der Waals surface area contributed by atoms with Gasteiger partial charge in [-0.05, 0) is 35.4 Å². The fourth-order valence-electron chi connectivity index (χ4n) is 3.14. The molecule has 3 N–H and O–H groups in total. The lowest BCUT2D eigenvalue weighted by atomic mass is 10.00. The van der Waals surface area contributed by atoms with Crippen molar-refractivity contribution in [3.05, 3.63) is 59.7 Å². The molecule has 0 unspecified atom stereocenters. The van der Waals surface area contributed by atoms with E-state index in [0.717, 1.165) is 12.1 Å². The van der Waals surface area contributed by atoms with Crippen molar-refractivity contribution in [2.24, 2.45) is 0 Å². The molecule has 0 aromatic heterocycles. The number of aliphatic carboxylic acids is 1. The minimum atomic E-state index is -4.41. The molecule has 0 bridgehead atoms. The largest absolute Gasteiger partial charge is 0.480 e. The molecule has 0 aliphatic carbocycles. The zero-order valence-electron chi connectivity index (χ0n) is 15.1. The second kappa shape index (κ2) is 7.84. The molecule has 29 heavy (non-hydrogen) atoms. The van der Waals surface area contributed by atoms with E-state index in [1.54, 1.807) is 12.1 Å². The van der Waals surface area contributed by atoms with Gasteiger partial charge in [0.2, 0.25) is 0 Å². The SMILES string of the molecule is O=C(O[C@]1(CO)CN[C@H](C(=O)O)C1)c1ccc(-c2ccc(C(F)(F)F)cc2)cc1. The molecule has 9 heteroatoms. The van der Waals surface area contributed by atoms with Gasteiger partial charge in [0.25, 0.3) is 0 Å². The lowest BCUT2D eigenvalue weighted by Crippen LogP contribution is -2.41. The molecule has 0 amide bonds. The van der Waals surface area contributed by atoms with E-state index in [1.807, 2.05) is 0 Å². The predicted octanol–water partition coefficient (Wildman–Crippen LogP) is 2.71. The number of aliphatic hydroxyl groups is 1. The normalized spacial score (nSPS) is 21.7. The summed E-state index contributed by atoms with van der Waals surface area (Å²) in [5.41, 5.74) is -0.741. The van der Waals surface area contributed by atoms with Crippen molar-refractivity contribution in [2.75, 3.05) is 13.2 Å². The van der Waals surface area contributed by atoms with Gasteiger partial charge in [-0.25, -0.2) is 4.79 Å². The van der Waals surface area contributed by atoms with Gasteiger partial charge >= 0.3 is 18.1 Å². The summed E-state index contributed by atoms with van der Waals surface area (Å²) in [5.74, 6) is -1.83. The molecule has 3 rings (SSSR count). The van der Waals surface area contributed by atoms with E-state index in [2.05, 4.69) is 5.32 Å². The summed E-state index contributed by atoms with van der Waals surface area (Å²) in [6, 6.07) is 9.77. The highest BCUT2D eigenvalue weighted by Gasteiger charge is 2.44. The average Bonchev–Trinajstić information content (AvgIpc) is 3.12. The van der Waals surface area contributed by atoms with Gasteiger partial charge < -0.3 is 20.3 Å². The van der Waals surface area contributed by atoms with Crippen LogP contribution in [0.2, 0.25) is 0 Å². The molecule has 0 spiro atoms. The number of esters is 1. The Morgan fingerprint density at radius 2 is 1.62 bits per heavy atom. The van der Waals surface area contributed by atoms with Crippen LogP contribution < -0.4 is 5.32 Å². The van der Waals surface area contributed by atoms with Crippen LogP contribution in [0.4, 0.5) is 13.2 Å². The zero-order chi connectivity index (χ0) is 21.2. The Morgan fingerprint density at radius 1 is 1.07 bits per heavy atom. The molecule has 2 aromatic rings. The van der Waals surface area contributed by atoms with Crippen LogP contribution in [0.15, 0.2) is 48.5 Å². The second-order valence-electron chi connectivity index (χ2n) is 6.86. The third kappa shape index (κ3) is 4.57. The first-order chi connectivity index (χ1) is 13.6. The maximum absolute atomic E-state index is 12.7. The van der Waals surface area contributed by atoms with E-state index in [0.29, 0.717) is 11.1 Å². The highest BCUT2D eigenvalue weighted by molar-refractivity contribution is 5.90. The monoisotopic (exact) mass is 409 g/mol. The predicted molar refractivity (Wildman–Crippen MR) is 96.2 cm³/mol. The molecule has 154 valence electrons. The van der Waals surface area contributed by atoms with Gasteiger partial charge in [-0.2, -0.15) is 13.2 Å². The molecule has 1 heterocycles. The summed E-state index contributed by atoms with van der Waals surface area (Å²) in [7, 11) is 0. The van der Waals surface area contributed by atoms with Gasteiger partial charge in [0.05, 0.1) is 17.7 Å². The van der Waals surface area contributed by atoms with Crippen LogP contribution in [-0.4, -0.2) is 46.9 Å². The first kappa shape index (κ1) is 20.8. The first-order valence-corrected chi connectivity index (χ1v) is 8.72. The van der Waals surface area contributed by atoms with Gasteiger partial charge in [-0.1, -0.05) is 24.3 Å². The van der Waals surface area contributed by atoms with Gasteiger partial charge in [-0.15, -0.1) is 0 Å². The lowest BCUT2D eigenvalue weighted by Gasteiger charge is -2.26. The van der Waals surface area contributed by atoms with Crippen molar-refractivity contribution in [3.8, 4) is 11.1 Å². The standard InChI is InChI=1S/C20H18F3NO5/c21-20(22,23)15-7-5-13(6-8-15)12-1-3-14(4-2-12)18(28)29-19(11-25)9-16(17(26)27)24-10-19/h1-8,16,24-25H,9-11H2,(H,26,27)/t16-,19-/m0/s1. The zero-order valence-corrected chi connectivity index (χ0v) is 15.1. The van der Waals surface area contributed by atoms with Crippen molar-refractivity contribution in [3.63, 3.8) is 0 Å². The number of ether oxygens (including phenoxy) is 1. The quantitative estimate of drug-likeness (QED) is 0.658. The van der Waals surface area contributed by atoms with Gasteiger partial charge in [0.1, 0.15) is 11.6 Å². The Balaban J connectivity index is 1.71. The number of aliphatic hydroxyl groups excluding tert-OH is 1. The Labute approximate surface area is 163 Å². The fourth-order valence-corrected chi connectivity index (χ4v) is 3.14. The van der Waals surface area contributed by atoms with Crippen LogP contribution in [0.3, 0.4) is 0 Å². The van der Waals surface area contributed by atoms with Crippen LogP contribution in [-0.2, 0) is 15.7 Å². The number of carboxylic acids is 1. The Hall–Kier alpha value is -2.91. The number of rotatable bonds is 5. The summed E-state index contributed by atoms with van der Waals surface area (Å²) in [6.07, 6.45) is -4.47. The molecule has 1 aliphatic rings. The van der Waals surface area contributed by atoms with Crippen LogP contribution in [0, 0.1) is 0 Å². The van der Waals surface area contributed by atoms with Crippen LogP contribution in [0.1, 0.15) is 22.3 Å². The van der Waals surface area contributed by atoms with Crippen molar-refractivity contribution in [1.29, 1.82) is 0 Å². The van der Waals surface area contributed by atoms with Gasteiger partial charge in [0, 0.05) is 13.0 Å². The van der Waals surface area contributed by atoms with Gasteiger partial charge in [-0.3, -0.25) is 4.79 Å². The molecule has 2 aromatic carbocycles. The van der Waals surface area contributed by atoms with Crippen LogP contribution in [0.25, 0.3) is 11.1 Å². The van der Waals surface area contributed by atoms with Crippen LogP contribution in [0.5, 0.6) is 0 Å². The molecule has 2 atom stereocenters. The number of carbonyl (C=O) groups excluding carboxylic acids is 1. The first-order valence-electron chi connectivity index (χ1n) is 8.72. The number of hydrogen-bond donors (Lipinski definition) is 3. The average molecular weight is 409 g/mol. The number of benzene rings is 2. The molecule has 1 saturated heterocycles. The Kier molecular flexibility index (Phi) is 5.63. The molecule has 0 saturated carbocycles. The van der Waals surface area contributed by atoms with E-state index in [-0.39, 0.29) is 18.5 Å². The number of alkyl halides is 3. The maximum Gasteiger partial charge on any atom is 0.416 e. The van der Waals surface area contributed by atoms with E-state index in [9.17, 15) is 27.9 Å². The maximum atomic E-state index is 12.7. The smallest absolute Gasteiger partial charge is 0.416 e. The van der Waals surface area contributed by atoms with Crippen molar-refractivity contribution in [2.45, 2.75) is 24.2 Å². The topological polar surface area (TPSA) is 95.9 Å². The number of hydrogen-bond acceptors (Lipinski definition) is 5. The minimum Gasteiger partial charge on any atom is -0.480 e. The summed E-state index contributed by atoms with van der Waals surface area (Å²) >= 11 is 0. The fraction of sp³-hybridized carbons (Fsp3) is 0.300. The number of nitrogens with one attached hydrogen (secondary N) is 1.